The van der Waals surface area contributed by atoms with Crippen LogP contribution in [0.15, 0.2) is 6.07 Å². The van der Waals surface area contributed by atoms with E-state index in [4.69, 9.17) is 44.6 Å². The molecular weight excluding hydrogens is 419 g/mol. The summed E-state index contributed by atoms with van der Waals surface area (Å²) < 4.78 is 9.92. The fourth-order valence-electron chi connectivity index (χ4n) is 2.27. The highest BCUT2D eigenvalue weighted by Gasteiger charge is 2.28. The van der Waals surface area contributed by atoms with E-state index in [1.54, 1.807) is 0 Å². The minimum atomic E-state index is -1.85. The summed E-state index contributed by atoms with van der Waals surface area (Å²) in [5.74, 6) is -4.89. The van der Waals surface area contributed by atoms with E-state index in [2.05, 4.69) is 25.5 Å². The molecule has 0 radical (unpaired) electrons. The van der Waals surface area contributed by atoms with Gasteiger partial charge in [0.1, 0.15) is 5.56 Å². The molecular formula is C18H21Cl3O6. The molecule has 9 heteroatoms. The summed E-state index contributed by atoms with van der Waals surface area (Å²) in [6.07, 6.45) is 3.71. The zero-order chi connectivity index (χ0) is 20.8. The van der Waals surface area contributed by atoms with Crippen LogP contribution in [0.4, 0.5) is 0 Å². The van der Waals surface area contributed by atoms with Crippen molar-refractivity contribution in [1.82, 2.24) is 0 Å². The average Bonchev–Trinajstić information content (AvgIpc) is 2.57. The maximum absolute atomic E-state index is 12.5. The van der Waals surface area contributed by atoms with Crippen LogP contribution in [0.1, 0.15) is 56.8 Å². The largest absolute Gasteiger partial charge is 0.473 e. The number of hydrogen-bond acceptors (Lipinski definition) is 5. The topological polar surface area (TPSA) is 89.9 Å². The first-order chi connectivity index (χ1) is 12.5. The molecule has 0 aromatic heterocycles. The highest BCUT2D eigenvalue weighted by molar-refractivity contribution is 6.46. The van der Waals surface area contributed by atoms with Crippen molar-refractivity contribution in [3.8, 4) is 5.75 Å². The summed E-state index contributed by atoms with van der Waals surface area (Å²) in [7, 11) is 0. The molecule has 0 aliphatic heterocycles. The number of rotatable bonds is 8. The Labute approximate surface area is 172 Å². The van der Waals surface area contributed by atoms with E-state index in [-0.39, 0.29) is 27.1 Å². The molecule has 0 fully saturated rings. The first-order valence-corrected chi connectivity index (χ1v) is 9.43. The minimum absolute atomic E-state index is 0.0231. The standard InChI is InChI=1S/C18H21Cl3O6/c1-4-5-6-18(2,3)7-8-26-16(24)12-13(21)10(19)9-11(20)14(12)27-17(25)15(22)23/h9H,4-8H2,1-3H3,(H,22,23). The molecule has 1 aromatic carbocycles. The number of hydrogen-bond donors (Lipinski definition) is 1. The lowest BCUT2D eigenvalue weighted by atomic mass is 9.84. The number of ether oxygens (including phenoxy) is 2. The van der Waals surface area contributed by atoms with Crippen LogP contribution in [-0.2, 0) is 14.3 Å². The first kappa shape index (κ1) is 23.5. The van der Waals surface area contributed by atoms with E-state index >= 15 is 0 Å². The summed E-state index contributed by atoms with van der Waals surface area (Å²) in [5, 5.41) is 8.15. The molecule has 0 heterocycles. The summed E-state index contributed by atoms with van der Waals surface area (Å²) in [5.41, 5.74) is -0.417. The zero-order valence-electron chi connectivity index (χ0n) is 15.2. The molecule has 1 rings (SSSR count). The highest BCUT2D eigenvalue weighted by Crippen LogP contribution is 2.40. The van der Waals surface area contributed by atoms with Crippen LogP contribution in [0.2, 0.25) is 15.1 Å². The van der Waals surface area contributed by atoms with E-state index in [1.165, 1.54) is 0 Å². The Hall–Kier alpha value is -1.50. The molecule has 6 nitrogen and oxygen atoms in total. The normalized spacial score (nSPS) is 11.2. The van der Waals surface area contributed by atoms with E-state index in [0.717, 1.165) is 25.3 Å². The molecule has 150 valence electrons. The number of carbonyl (C=O) groups is 3. The Morgan fingerprint density at radius 1 is 1.11 bits per heavy atom. The van der Waals surface area contributed by atoms with Gasteiger partial charge in [-0.1, -0.05) is 68.4 Å². The van der Waals surface area contributed by atoms with Crippen molar-refractivity contribution >= 4 is 52.7 Å². The number of carbonyl (C=O) groups excluding carboxylic acids is 2. The second-order valence-corrected chi connectivity index (χ2v) is 7.90. The third-order valence-corrected chi connectivity index (χ3v) is 4.99. The Morgan fingerprint density at radius 3 is 2.30 bits per heavy atom. The van der Waals surface area contributed by atoms with Crippen LogP contribution in [-0.4, -0.2) is 29.6 Å². The van der Waals surface area contributed by atoms with Crippen LogP contribution in [0, 0.1) is 5.41 Å². The monoisotopic (exact) mass is 438 g/mol. The molecule has 0 aliphatic rings. The number of aliphatic carboxylic acids is 1. The van der Waals surface area contributed by atoms with Gasteiger partial charge >= 0.3 is 17.9 Å². The van der Waals surface area contributed by atoms with Crippen molar-refractivity contribution < 1.29 is 29.0 Å². The van der Waals surface area contributed by atoms with Crippen LogP contribution in [0.25, 0.3) is 0 Å². The molecule has 27 heavy (non-hydrogen) atoms. The number of benzene rings is 1. The van der Waals surface area contributed by atoms with Crippen LogP contribution >= 0.6 is 34.8 Å². The van der Waals surface area contributed by atoms with Gasteiger partial charge in [0, 0.05) is 0 Å². The third kappa shape index (κ3) is 6.87. The quantitative estimate of drug-likeness (QED) is 0.252. The number of esters is 2. The third-order valence-electron chi connectivity index (χ3n) is 3.92. The van der Waals surface area contributed by atoms with Gasteiger partial charge < -0.3 is 14.6 Å². The van der Waals surface area contributed by atoms with Crippen molar-refractivity contribution in [2.75, 3.05) is 6.61 Å². The van der Waals surface area contributed by atoms with E-state index in [1.807, 2.05) is 0 Å². The lowest BCUT2D eigenvalue weighted by Crippen LogP contribution is -2.22. The fraction of sp³-hybridized carbons (Fsp3) is 0.500. The average molecular weight is 440 g/mol. The van der Waals surface area contributed by atoms with Crippen molar-refractivity contribution in [3.63, 3.8) is 0 Å². The predicted molar refractivity (Wildman–Crippen MR) is 103 cm³/mol. The summed E-state index contributed by atoms with van der Waals surface area (Å²) in [6, 6.07) is 1.14. The molecule has 0 spiro atoms. The predicted octanol–water partition coefficient (Wildman–Crippen LogP) is 5.40. The number of carboxylic acid groups (broad SMARTS) is 1. The van der Waals surface area contributed by atoms with Crippen molar-refractivity contribution in [1.29, 1.82) is 0 Å². The van der Waals surface area contributed by atoms with Gasteiger partial charge in [0.15, 0.2) is 5.75 Å². The molecule has 0 bridgehead atoms. The van der Waals surface area contributed by atoms with Gasteiger partial charge in [-0.3, -0.25) is 0 Å². The minimum Gasteiger partial charge on any atom is -0.473 e. The SMILES string of the molecule is CCCCC(C)(C)CCOC(=O)c1c(Cl)c(Cl)cc(Cl)c1OC(=O)C(=O)O. The lowest BCUT2D eigenvalue weighted by molar-refractivity contribution is -0.158. The number of halogens is 3. The van der Waals surface area contributed by atoms with Gasteiger partial charge in [-0.2, -0.15) is 0 Å². The van der Waals surface area contributed by atoms with Gasteiger partial charge in [-0.15, -0.1) is 0 Å². The fourth-order valence-corrected chi connectivity index (χ4v) is 2.99. The Balaban J connectivity index is 3.01. The molecule has 0 aliphatic carbocycles. The smallest absolute Gasteiger partial charge is 0.422 e. The summed E-state index contributed by atoms with van der Waals surface area (Å²) >= 11 is 17.9. The van der Waals surface area contributed by atoms with Crippen molar-refractivity contribution in [3.05, 3.63) is 26.7 Å². The van der Waals surface area contributed by atoms with Gasteiger partial charge in [-0.25, -0.2) is 14.4 Å². The van der Waals surface area contributed by atoms with Crippen LogP contribution in [0.3, 0.4) is 0 Å². The van der Waals surface area contributed by atoms with Crippen molar-refractivity contribution in [2.24, 2.45) is 5.41 Å². The second kappa shape index (κ2) is 10.2. The lowest BCUT2D eigenvalue weighted by Gasteiger charge is -2.24. The van der Waals surface area contributed by atoms with Gasteiger partial charge in [0.25, 0.3) is 0 Å². The van der Waals surface area contributed by atoms with Crippen LogP contribution < -0.4 is 4.74 Å². The molecule has 1 aromatic rings. The molecule has 0 saturated carbocycles. The second-order valence-electron chi connectivity index (χ2n) is 6.71. The maximum atomic E-state index is 12.5. The van der Waals surface area contributed by atoms with E-state index in [9.17, 15) is 14.4 Å². The Kier molecular flexibility index (Phi) is 8.85. The zero-order valence-corrected chi connectivity index (χ0v) is 17.5. The van der Waals surface area contributed by atoms with E-state index in [0.29, 0.717) is 6.42 Å². The number of carboxylic acids is 1. The Morgan fingerprint density at radius 2 is 1.74 bits per heavy atom. The number of unbranched alkanes of at least 4 members (excludes halogenated alkanes) is 1. The van der Waals surface area contributed by atoms with Gasteiger partial charge in [-0.05, 0) is 24.3 Å². The van der Waals surface area contributed by atoms with Crippen molar-refractivity contribution in [2.45, 2.75) is 46.5 Å². The highest BCUT2D eigenvalue weighted by atomic mass is 35.5. The van der Waals surface area contributed by atoms with E-state index < -0.39 is 29.2 Å². The maximum Gasteiger partial charge on any atom is 0.422 e. The molecule has 0 unspecified atom stereocenters. The summed E-state index contributed by atoms with van der Waals surface area (Å²) in [6.45, 7) is 6.34. The molecule has 1 N–H and O–H groups in total. The van der Waals surface area contributed by atoms with Gasteiger partial charge in [0.05, 0.1) is 21.7 Å². The van der Waals surface area contributed by atoms with Gasteiger partial charge in [0.2, 0.25) is 0 Å². The molecule has 0 amide bonds. The summed E-state index contributed by atoms with van der Waals surface area (Å²) in [4.78, 5) is 34.6. The first-order valence-electron chi connectivity index (χ1n) is 8.30. The molecule has 0 atom stereocenters. The Bertz CT molecular complexity index is 730. The van der Waals surface area contributed by atoms with Crippen LogP contribution in [0.5, 0.6) is 5.75 Å². The molecule has 0 saturated heterocycles.